The summed E-state index contributed by atoms with van der Waals surface area (Å²) in [6, 6.07) is 16.0. The minimum absolute atomic E-state index is 0.123. The van der Waals surface area contributed by atoms with Crippen molar-refractivity contribution in [1.82, 2.24) is 19.4 Å². The lowest BCUT2D eigenvalue weighted by Crippen LogP contribution is -2.37. The smallest absolute Gasteiger partial charge is 0.332 e. The molecular weight excluding hydrogens is 404 g/mol. The molecule has 1 aromatic carbocycles. The minimum Gasteiger partial charge on any atom is -0.441 e. The normalized spacial score (nSPS) is 18.7. The molecule has 0 radical (unpaired) electrons. The zero-order valence-corrected chi connectivity index (χ0v) is 18.1. The zero-order valence-electron chi connectivity index (χ0n) is 18.1. The van der Waals surface area contributed by atoms with E-state index in [2.05, 4.69) is 17.1 Å². The molecule has 1 unspecified atom stereocenters. The van der Waals surface area contributed by atoms with Gasteiger partial charge in [-0.1, -0.05) is 36.4 Å². The van der Waals surface area contributed by atoms with Gasteiger partial charge in [0.25, 0.3) is 0 Å². The quantitative estimate of drug-likeness (QED) is 0.605. The van der Waals surface area contributed by atoms with Crippen LogP contribution in [0.2, 0.25) is 0 Å². The van der Waals surface area contributed by atoms with Gasteiger partial charge in [0.05, 0.1) is 17.6 Å². The van der Waals surface area contributed by atoms with Crippen LogP contribution in [0.3, 0.4) is 0 Å². The van der Waals surface area contributed by atoms with Crippen molar-refractivity contribution in [2.75, 3.05) is 13.1 Å². The highest BCUT2D eigenvalue weighted by atomic mass is 16.7. The summed E-state index contributed by atoms with van der Waals surface area (Å²) in [4.78, 5) is 22.9. The Hall–Kier alpha value is -3.61. The Bertz CT molecular complexity index is 1100. The Morgan fingerprint density at radius 2 is 1.84 bits per heavy atom. The number of hydrogen-bond donors (Lipinski definition) is 0. The monoisotopic (exact) mass is 430 g/mol. The number of ether oxygens (including phenoxy) is 2. The Balaban J connectivity index is 1.41. The van der Waals surface area contributed by atoms with E-state index in [1.54, 1.807) is 19.4 Å². The van der Waals surface area contributed by atoms with E-state index in [0.717, 1.165) is 54.5 Å². The lowest BCUT2D eigenvalue weighted by molar-refractivity contribution is -0.130. The average Bonchev–Trinajstić information content (AvgIpc) is 3.47. The van der Waals surface area contributed by atoms with E-state index < -0.39 is 6.41 Å². The summed E-state index contributed by atoms with van der Waals surface area (Å²) in [5.74, 6) is 2.03. The first kappa shape index (κ1) is 20.3. The summed E-state index contributed by atoms with van der Waals surface area (Å²) in [5.41, 5.74) is 2.83. The van der Waals surface area contributed by atoms with Crippen LogP contribution in [0.1, 0.15) is 43.5 Å². The standard InChI is InChI=1S/C25H26N4O3/c1-18(30)28-13-10-20(11-14-28)24-27-16-23(22-9-5-6-12-26-22)29(24)25-31-17-21(32-25)15-19-7-3-2-4-8-19/h2-9,12,16-17,20,25H,10-11,13-15H2,1H3. The number of carbonyl (C=O) groups is 1. The molecule has 5 rings (SSSR count). The molecule has 1 fully saturated rings. The number of imidazole rings is 1. The lowest BCUT2D eigenvalue weighted by atomic mass is 9.96. The van der Waals surface area contributed by atoms with Gasteiger partial charge in [0, 0.05) is 38.5 Å². The first-order valence-corrected chi connectivity index (χ1v) is 11.0. The maximum atomic E-state index is 11.7. The molecule has 0 bridgehead atoms. The first-order valence-electron chi connectivity index (χ1n) is 11.0. The summed E-state index contributed by atoms with van der Waals surface area (Å²) in [7, 11) is 0. The molecule has 1 amide bonds. The second-order valence-corrected chi connectivity index (χ2v) is 8.17. The van der Waals surface area contributed by atoms with E-state index in [1.165, 1.54) is 0 Å². The summed E-state index contributed by atoms with van der Waals surface area (Å²) in [5, 5.41) is 0. The van der Waals surface area contributed by atoms with Crippen LogP contribution in [0, 0.1) is 0 Å². The van der Waals surface area contributed by atoms with E-state index in [9.17, 15) is 4.79 Å². The molecule has 164 valence electrons. The number of piperidine rings is 1. The number of rotatable bonds is 5. The molecule has 1 saturated heterocycles. The van der Waals surface area contributed by atoms with Crippen LogP contribution in [0.25, 0.3) is 11.4 Å². The second-order valence-electron chi connectivity index (χ2n) is 8.17. The van der Waals surface area contributed by atoms with E-state index in [1.807, 2.05) is 52.1 Å². The Labute approximate surface area is 187 Å². The van der Waals surface area contributed by atoms with Gasteiger partial charge in [-0.25, -0.2) is 4.98 Å². The van der Waals surface area contributed by atoms with Crippen molar-refractivity contribution < 1.29 is 14.3 Å². The van der Waals surface area contributed by atoms with Crippen molar-refractivity contribution in [1.29, 1.82) is 0 Å². The molecule has 2 aliphatic heterocycles. The molecular formula is C25H26N4O3. The molecule has 7 heteroatoms. The Kier molecular flexibility index (Phi) is 5.62. The van der Waals surface area contributed by atoms with Crippen LogP contribution in [-0.2, 0) is 20.7 Å². The lowest BCUT2D eigenvalue weighted by Gasteiger charge is -2.31. The van der Waals surface area contributed by atoms with Crippen LogP contribution in [0.4, 0.5) is 0 Å². The summed E-state index contributed by atoms with van der Waals surface area (Å²) in [6.07, 6.45) is 7.06. The number of pyridine rings is 1. The number of benzene rings is 1. The van der Waals surface area contributed by atoms with E-state index >= 15 is 0 Å². The Morgan fingerprint density at radius 3 is 2.56 bits per heavy atom. The SMILES string of the molecule is CC(=O)N1CCC(c2ncc(-c3ccccn3)n2C2OC=C(Cc3ccccc3)O2)CC1. The largest absolute Gasteiger partial charge is 0.441 e. The van der Waals surface area contributed by atoms with Gasteiger partial charge in [-0.2, -0.15) is 0 Å². The maximum absolute atomic E-state index is 11.7. The number of nitrogens with zero attached hydrogens (tertiary/aromatic N) is 4. The Morgan fingerprint density at radius 1 is 1.06 bits per heavy atom. The molecule has 2 aliphatic rings. The molecule has 32 heavy (non-hydrogen) atoms. The third-order valence-electron chi connectivity index (χ3n) is 6.06. The van der Waals surface area contributed by atoms with Crippen LogP contribution in [0.15, 0.2) is 72.9 Å². The van der Waals surface area contributed by atoms with Gasteiger partial charge in [-0.3, -0.25) is 14.3 Å². The van der Waals surface area contributed by atoms with Crippen molar-refractivity contribution in [3.05, 3.63) is 84.3 Å². The predicted molar refractivity (Wildman–Crippen MR) is 119 cm³/mol. The molecule has 0 N–H and O–H groups in total. The highest BCUT2D eigenvalue weighted by Crippen LogP contribution is 2.36. The van der Waals surface area contributed by atoms with Gasteiger partial charge in [0.1, 0.15) is 17.8 Å². The number of likely N-dealkylation sites (tertiary alicyclic amines) is 1. The molecule has 0 aliphatic carbocycles. The van der Waals surface area contributed by atoms with Gasteiger partial charge >= 0.3 is 6.41 Å². The van der Waals surface area contributed by atoms with Gasteiger partial charge in [0.2, 0.25) is 5.91 Å². The van der Waals surface area contributed by atoms with Crippen molar-refractivity contribution in [3.8, 4) is 11.4 Å². The van der Waals surface area contributed by atoms with Gasteiger partial charge in [-0.15, -0.1) is 0 Å². The fourth-order valence-electron chi connectivity index (χ4n) is 4.37. The van der Waals surface area contributed by atoms with Crippen molar-refractivity contribution in [2.24, 2.45) is 0 Å². The van der Waals surface area contributed by atoms with Crippen LogP contribution in [0.5, 0.6) is 0 Å². The fourth-order valence-corrected chi connectivity index (χ4v) is 4.37. The minimum atomic E-state index is -0.631. The van der Waals surface area contributed by atoms with E-state index in [0.29, 0.717) is 6.42 Å². The molecule has 3 aromatic rings. The zero-order chi connectivity index (χ0) is 21.9. The molecule has 0 saturated carbocycles. The summed E-state index contributed by atoms with van der Waals surface area (Å²) in [6.45, 7) is 3.09. The summed E-state index contributed by atoms with van der Waals surface area (Å²) >= 11 is 0. The number of allylic oxidation sites excluding steroid dienone is 1. The second kappa shape index (κ2) is 8.86. The van der Waals surface area contributed by atoms with Crippen LogP contribution >= 0.6 is 0 Å². The van der Waals surface area contributed by atoms with Crippen LogP contribution in [-0.4, -0.2) is 38.4 Å². The van der Waals surface area contributed by atoms with Crippen molar-refractivity contribution >= 4 is 5.91 Å². The molecule has 2 aromatic heterocycles. The predicted octanol–water partition coefficient (Wildman–Crippen LogP) is 4.26. The highest BCUT2D eigenvalue weighted by molar-refractivity contribution is 5.73. The fraction of sp³-hybridized carbons (Fsp3) is 0.320. The first-order chi connectivity index (χ1) is 15.7. The summed E-state index contributed by atoms with van der Waals surface area (Å²) < 4.78 is 14.2. The topological polar surface area (TPSA) is 69.5 Å². The number of hydrogen-bond acceptors (Lipinski definition) is 5. The van der Waals surface area contributed by atoms with Gasteiger partial charge < -0.3 is 14.4 Å². The number of amides is 1. The molecule has 0 spiro atoms. The molecule has 4 heterocycles. The third kappa shape index (κ3) is 4.10. The highest BCUT2D eigenvalue weighted by Gasteiger charge is 2.32. The maximum Gasteiger partial charge on any atom is 0.332 e. The third-order valence-corrected chi connectivity index (χ3v) is 6.06. The van der Waals surface area contributed by atoms with E-state index in [4.69, 9.17) is 14.5 Å². The number of aromatic nitrogens is 3. The van der Waals surface area contributed by atoms with Crippen LogP contribution < -0.4 is 0 Å². The van der Waals surface area contributed by atoms with Crippen molar-refractivity contribution in [2.45, 2.75) is 38.5 Å². The van der Waals surface area contributed by atoms with Gasteiger partial charge in [-0.05, 0) is 30.5 Å². The number of carbonyl (C=O) groups excluding carboxylic acids is 1. The molecule has 1 atom stereocenters. The van der Waals surface area contributed by atoms with Crippen molar-refractivity contribution in [3.63, 3.8) is 0 Å². The van der Waals surface area contributed by atoms with E-state index in [-0.39, 0.29) is 11.8 Å². The molecule has 7 nitrogen and oxygen atoms in total. The van der Waals surface area contributed by atoms with Gasteiger partial charge in [0.15, 0.2) is 0 Å². The average molecular weight is 431 g/mol.